The van der Waals surface area contributed by atoms with E-state index in [0.717, 1.165) is 10.9 Å². The van der Waals surface area contributed by atoms with Gasteiger partial charge in [0.1, 0.15) is 6.04 Å². The van der Waals surface area contributed by atoms with Crippen LogP contribution in [0.1, 0.15) is 36.5 Å². The lowest BCUT2D eigenvalue weighted by molar-refractivity contribution is -0.138. The summed E-state index contributed by atoms with van der Waals surface area (Å²) in [5.74, 6) is -1.40. The van der Waals surface area contributed by atoms with Crippen LogP contribution in [0, 0.1) is 5.92 Å². The van der Waals surface area contributed by atoms with E-state index in [-0.39, 0.29) is 24.2 Å². The lowest BCUT2D eigenvalue weighted by atomic mass is 10.1. The summed E-state index contributed by atoms with van der Waals surface area (Å²) >= 11 is 3.33. The van der Waals surface area contributed by atoms with Crippen LogP contribution >= 0.6 is 15.9 Å². The van der Waals surface area contributed by atoms with Gasteiger partial charge in [-0.1, -0.05) is 22.9 Å². The molecule has 1 saturated heterocycles. The predicted molar refractivity (Wildman–Crippen MR) is 92.6 cm³/mol. The minimum absolute atomic E-state index is 0.00643. The second-order valence-electron chi connectivity index (χ2n) is 6.11. The molecule has 1 aliphatic heterocycles. The van der Waals surface area contributed by atoms with Gasteiger partial charge in [-0.25, -0.2) is 0 Å². The zero-order chi connectivity index (χ0) is 17.7. The number of benzene rings is 1. The molecule has 6 nitrogen and oxygen atoms in total. The fourth-order valence-electron chi connectivity index (χ4n) is 2.80. The van der Waals surface area contributed by atoms with Crippen LogP contribution in [-0.4, -0.2) is 46.9 Å². The van der Waals surface area contributed by atoms with Gasteiger partial charge in [-0.05, 0) is 43.0 Å². The monoisotopic (exact) mass is 396 g/mol. The summed E-state index contributed by atoms with van der Waals surface area (Å²) in [7, 11) is 0. The summed E-state index contributed by atoms with van der Waals surface area (Å²) in [4.78, 5) is 37.2. The van der Waals surface area contributed by atoms with Crippen LogP contribution in [-0.2, 0) is 9.59 Å². The Morgan fingerprint density at radius 2 is 2.00 bits per heavy atom. The number of halogens is 1. The number of hydrogen-bond donors (Lipinski definition) is 2. The number of carboxylic acids is 1. The van der Waals surface area contributed by atoms with Gasteiger partial charge >= 0.3 is 5.97 Å². The fraction of sp³-hybridized carbons (Fsp3) is 0.471. The van der Waals surface area contributed by atoms with Crippen LogP contribution in [0.3, 0.4) is 0 Å². The van der Waals surface area contributed by atoms with Crippen molar-refractivity contribution < 1.29 is 19.5 Å². The number of aliphatic carboxylic acids is 1. The van der Waals surface area contributed by atoms with E-state index < -0.39 is 12.0 Å². The molecule has 0 saturated carbocycles. The SMILES string of the molecule is CC(CNC(=O)C1CCCN1C(=O)c1ccc(Br)cc1)CC(=O)O. The molecule has 0 spiro atoms. The molecule has 0 aromatic heterocycles. The third-order valence-corrected chi connectivity index (χ3v) is 4.58. The molecule has 7 heteroatoms. The highest BCUT2D eigenvalue weighted by Gasteiger charge is 2.34. The van der Waals surface area contributed by atoms with Crippen LogP contribution in [0.2, 0.25) is 0 Å². The maximum absolute atomic E-state index is 12.6. The molecule has 1 fully saturated rings. The zero-order valence-electron chi connectivity index (χ0n) is 13.5. The first-order valence-corrected chi connectivity index (χ1v) is 8.74. The van der Waals surface area contributed by atoms with Gasteiger partial charge in [0.2, 0.25) is 5.91 Å². The minimum atomic E-state index is -0.885. The van der Waals surface area contributed by atoms with Gasteiger partial charge < -0.3 is 15.3 Å². The molecule has 1 aromatic rings. The third kappa shape index (κ3) is 4.80. The van der Waals surface area contributed by atoms with Crippen molar-refractivity contribution >= 4 is 33.7 Å². The van der Waals surface area contributed by atoms with E-state index in [0.29, 0.717) is 25.1 Å². The number of rotatable bonds is 6. The van der Waals surface area contributed by atoms with Crippen LogP contribution in [0.4, 0.5) is 0 Å². The first-order chi connectivity index (χ1) is 11.4. The van der Waals surface area contributed by atoms with Crippen LogP contribution in [0.15, 0.2) is 28.7 Å². The van der Waals surface area contributed by atoms with Crippen molar-refractivity contribution in [3.05, 3.63) is 34.3 Å². The van der Waals surface area contributed by atoms with Gasteiger partial charge in [0.05, 0.1) is 0 Å². The average Bonchev–Trinajstić information content (AvgIpc) is 3.01. The van der Waals surface area contributed by atoms with Gasteiger partial charge in [0.15, 0.2) is 0 Å². The van der Waals surface area contributed by atoms with Crippen LogP contribution in [0.5, 0.6) is 0 Å². The lowest BCUT2D eigenvalue weighted by Gasteiger charge is -2.24. The van der Waals surface area contributed by atoms with Crippen LogP contribution in [0.25, 0.3) is 0 Å². The maximum Gasteiger partial charge on any atom is 0.303 e. The Morgan fingerprint density at radius 3 is 2.62 bits per heavy atom. The van der Waals surface area contributed by atoms with Crippen molar-refractivity contribution in [3.8, 4) is 0 Å². The van der Waals surface area contributed by atoms with Crippen molar-refractivity contribution in [2.75, 3.05) is 13.1 Å². The van der Waals surface area contributed by atoms with E-state index >= 15 is 0 Å². The molecule has 130 valence electrons. The molecule has 24 heavy (non-hydrogen) atoms. The fourth-order valence-corrected chi connectivity index (χ4v) is 3.07. The first kappa shape index (κ1) is 18.4. The quantitative estimate of drug-likeness (QED) is 0.771. The number of carbonyl (C=O) groups excluding carboxylic acids is 2. The second kappa shape index (κ2) is 8.28. The normalized spacial score (nSPS) is 18.2. The summed E-state index contributed by atoms with van der Waals surface area (Å²) in [6.45, 7) is 2.62. The summed E-state index contributed by atoms with van der Waals surface area (Å²) in [5.41, 5.74) is 0.553. The number of amides is 2. The van der Waals surface area contributed by atoms with Crippen molar-refractivity contribution in [3.63, 3.8) is 0 Å². The molecule has 2 rings (SSSR count). The molecule has 1 heterocycles. The van der Waals surface area contributed by atoms with Gasteiger partial charge in [-0.15, -0.1) is 0 Å². The Bertz CT molecular complexity index is 618. The molecule has 0 radical (unpaired) electrons. The third-order valence-electron chi connectivity index (χ3n) is 4.06. The summed E-state index contributed by atoms with van der Waals surface area (Å²) < 4.78 is 0.891. The maximum atomic E-state index is 12.6. The van der Waals surface area contributed by atoms with E-state index in [4.69, 9.17) is 5.11 Å². The molecule has 2 N–H and O–H groups in total. The summed E-state index contributed by atoms with van der Waals surface area (Å²) in [6, 6.07) is 6.57. The van der Waals surface area contributed by atoms with Gasteiger partial charge in [0.25, 0.3) is 5.91 Å². The van der Waals surface area contributed by atoms with E-state index in [1.54, 1.807) is 36.1 Å². The van der Waals surface area contributed by atoms with E-state index in [1.165, 1.54) is 0 Å². The van der Waals surface area contributed by atoms with Gasteiger partial charge in [-0.3, -0.25) is 14.4 Å². The highest BCUT2D eigenvalue weighted by Crippen LogP contribution is 2.21. The Balaban J connectivity index is 1.96. The summed E-state index contributed by atoms with van der Waals surface area (Å²) in [6.07, 6.45) is 1.42. The Kier molecular flexibility index (Phi) is 6.36. The average molecular weight is 397 g/mol. The van der Waals surface area contributed by atoms with Gasteiger partial charge in [0, 0.05) is 29.5 Å². The van der Waals surface area contributed by atoms with E-state index in [9.17, 15) is 14.4 Å². The van der Waals surface area contributed by atoms with Crippen molar-refractivity contribution in [1.29, 1.82) is 0 Å². The number of carboxylic acid groups (broad SMARTS) is 1. The molecular weight excluding hydrogens is 376 g/mol. The number of likely N-dealkylation sites (tertiary alicyclic amines) is 1. The predicted octanol–water partition coefficient (Wildman–Crippen LogP) is 2.28. The highest BCUT2D eigenvalue weighted by atomic mass is 79.9. The molecule has 0 bridgehead atoms. The van der Waals surface area contributed by atoms with E-state index in [1.807, 2.05) is 0 Å². The Hall–Kier alpha value is -1.89. The Morgan fingerprint density at radius 1 is 1.33 bits per heavy atom. The van der Waals surface area contributed by atoms with Crippen molar-refractivity contribution in [1.82, 2.24) is 10.2 Å². The number of nitrogens with zero attached hydrogens (tertiary/aromatic N) is 1. The number of carbonyl (C=O) groups is 3. The topological polar surface area (TPSA) is 86.7 Å². The molecule has 0 aliphatic carbocycles. The second-order valence-corrected chi connectivity index (χ2v) is 7.03. The van der Waals surface area contributed by atoms with Crippen molar-refractivity contribution in [2.24, 2.45) is 5.92 Å². The lowest BCUT2D eigenvalue weighted by Crippen LogP contribution is -2.46. The molecule has 1 aromatic carbocycles. The molecule has 2 amide bonds. The zero-order valence-corrected chi connectivity index (χ0v) is 15.1. The van der Waals surface area contributed by atoms with E-state index in [2.05, 4.69) is 21.2 Å². The first-order valence-electron chi connectivity index (χ1n) is 7.94. The number of nitrogens with one attached hydrogen (secondary N) is 1. The standard InChI is InChI=1S/C17H21BrN2O4/c1-11(9-15(21)22)10-19-16(23)14-3-2-8-20(14)17(24)12-4-6-13(18)7-5-12/h4-7,11,14H,2-3,8-10H2,1H3,(H,19,23)(H,21,22). The number of hydrogen-bond acceptors (Lipinski definition) is 3. The summed E-state index contributed by atoms with van der Waals surface area (Å²) in [5, 5.41) is 11.5. The molecule has 2 unspecified atom stereocenters. The largest absolute Gasteiger partial charge is 0.481 e. The molecular formula is C17H21BrN2O4. The minimum Gasteiger partial charge on any atom is -0.481 e. The highest BCUT2D eigenvalue weighted by molar-refractivity contribution is 9.10. The smallest absolute Gasteiger partial charge is 0.303 e. The Labute approximate surface area is 149 Å². The molecule has 1 aliphatic rings. The molecule has 2 atom stereocenters. The van der Waals surface area contributed by atoms with Gasteiger partial charge in [-0.2, -0.15) is 0 Å². The van der Waals surface area contributed by atoms with Crippen molar-refractivity contribution in [2.45, 2.75) is 32.2 Å². The van der Waals surface area contributed by atoms with Crippen LogP contribution < -0.4 is 5.32 Å².